The Bertz CT molecular complexity index is 798. The van der Waals surface area contributed by atoms with Crippen molar-refractivity contribution in [2.24, 2.45) is 0 Å². The maximum atomic E-state index is 12.5. The second kappa shape index (κ2) is 5.24. The van der Waals surface area contributed by atoms with E-state index in [1.807, 2.05) is 0 Å². The van der Waals surface area contributed by atoms with Gasteiger partial charge in [-0.3, -0.25) is 9.35 Å². The van der Waals surface area contributed by atoms with Crippen LogP contribution in [0, 0.1) is 0 Å². The number of amides is 1. The molecule has 0 atom stereocenters. The van der Waals surface area contributed by atoms with E-state index in [0.717, 1.165) is 29.5 Å². The van der Waals surface area contributed by atoms with E-state index in [1.54, 1.807) is 0 Å². The number of nitrogens with zero attached hydrogens (tertiary/aromatic N) is 1. The number of nitrogens with one attached hydrogen (secondary N) is 1. The van der Waals surface area contributed by atoms with Crippen LogP contribution in [0.3, 0.4) is 0 Å². The van der Waals surface area contributed by atoms with Gasteiger partial charge in [0.25, 0.3) is 10.1 Å². The number of alkyl halides is 3. The fourth-order valence-corrected chi connectivity index (χ4v) is 2.80. The Morgan fingerprint density at radius 1 is 1.38 bits per heavy atom. The van der Waals surface area contributed by atoms with Gasteiger partial charge in [0.05, 0.1) is 15.8 Å². The molecule has 1 aromatic carbocycles. The number of carbonyl (C=O) groups is 1. The zero-order chi connectivity index (χ0) is 15.8. The molecule has 0 spiro atoms. The highest BCUT2D eigenvalue weighted by molar-refractivity contribution is 7.86. The molecule has 21 heavy (non-hydrogen) atoms. The highest BCUT2D eigenvalue weighted by Crippen LogP contribution is 2.34. The van der Waals surface area contributed by atoms with Gasteiger partial charge in [0.15, 0.2) is 10.9 Å². The molecule has 0 fully saturated rings. The first-order chi connectivity index (χ1) is 9.54. The van der Waals surface area contributed by atoms with Gasteiger partial charge in [0.1, 0.15) is 0 Å². The van der Waals surface area contributed by atoms with Gasteiger partial charge in [-0.05, 0) is 18.2 Å². The fourth-order valence-electron chi connectivity index (χ4n) is 1.48. The van der Waals surface area contributed by atoms with Crippen LogP contribution in [-0.2, 0) is 21.1 Å². The normalized spacial score (nSPS) is 12.6. The number of hydrogen-bond acceptors (Lipinski definition) is 5. The van der Waals surface area contributed by atoms with Gasteiger partial charge in [-0.1, -0.05) is 11.3 Å². The Morgan fingerprint density at radius 2 is 2.05 bits per heavy atom. The molecule has 1 heterocycles. The first-order valence-corrected chi connectivity index (χ1v) is 7.70. The summed E-state index contributed by atoms with van der Waals surface area (Å²) < 4.78 is 67.3. The fraction of sp³-hybridized carbons (Fsp3) is 0.200. The third-order valence-corrected chi connectivity index (χ3v) is 3.84. The molecule has 11 heteroatoms. The maximum Gasteiger partial charge on any atom is 0.416 e. The van der Waals surface area contributed by atoms with Crippen molar-refractivity contribution < 1.29 is 30.9 Å². The molecule has 0 aliphatic rings. The molecule has 0 aliphatic carbocycles. The van der Waals surface area contributed by atoms with E-state index in [-0.39, 0.29) is 15.3 Å². The molecular weight excluding hydrogens is 333 g/mol. The van der Waals surface area contributed by atoms with E-state index in [2.05, 4.69) is 10.3 Å². The van der Waals surface area contributed by atoms with Gasteiger partial charge < -0.3 is 5.32 Å². The van der Waals surface area contributed by atoms with E-state index in [9.17, 15) is 26.4 Å². The van der Waals surface area contributed by atoms with Crippen LogP contribution < -0.4 is 5.32 Å². The number of fused-ring (bicyclic) bond motifs is 1. The number of benzene rings is 1. The average Bonchev–Trinajstić information content (AvgIpc) is 2.65. The maximum absolute atomic E-state index is 12.5. The molecule has 1 amide bonds. The summed E-state index contributed by atoms with van der Waals surface area (Å²) in [7, 11) is -4.48. The average molecular weight is 340 g/mol. The van der Waals surface area contributed by atoms with Crippen molar-refractivity contribution in [2.75, 3.05) is 11.1 Å². The molecule has 1 aromatic heterocycles. The van der Waals surface area contributed by atoms with Crippen molar-refractivity contribution >= 4 is 42.7 Å². The van der Waals surface area contributed by atoms with Crippen LogP contribution >= 0.6 is 11.3 Å². The van der Waals surface area contributed by atoms with Crippen LogP contribution in [0.25, 0.3) is 10.2 Å². The molecule has 0 bridgehead atoms. The van der Waals surface area contributed by atoms with Crippen molar-refractivity contribution in [1.82, 2.24) is 4.98 Å². The monoisotopic (exact) mass is 340 g/mol. The van der Waals surface area contributed by atoms with Crippen LogP contribution in [-0.4, -0.2) is 29.6 Å². The number of halogens is 3. The molecule has 0 saturated carbocycles. The van der Waals surface area contributed by atoms with E-state index < -0.39 is 33.5 Å². The van der Waals surface area contributed by atoms with E-state index >= 15 is 0 Å². The van der Waals surface area contributed by atoms with Gasteiger partial charge in [-0.25, -0.2) is 4.98 Å². The molecule has 0 aliphatic heterocycles. The van der Waals surface area contributed by atoms with Gasteiger partial charge in [-0.15, -0.1) is 0 Å². The first kappa shape index (κ1) is 15.7. The zero-order valence-corrected chi connectivity index (χ0v) is 11.6. The summed E-state index contributed by atoms with van der Waals surface area (Å²) in [6.45, 7) is 0. The lowest BCUT2D eigenvalue weighted by Crippen LogP contribution is -2.22. The lowest BCUT2D eigenvalue weighted by atomic mass is 10.2. The predicted molar refractivity (Wildman–Crippen MR) is 69.7 cm³/mol. The van der Waals surface area contributed by atoms with Crippen LogP contribution in [0.4, 0.5) is 18.3 Å². The summed E-state index contributed by atoms with van der Waals surface area (Å²) in [5, 5.41) is 2.04. The molecule has 6 nitrogen and oxygen atoms in total. The molecule has 0 radical (unpaired) electrons. The number of thiazole rings is 1. The van der Waals surface area contributed by atoms with Gasteiger partial charge in [-0.2, -0.15) is 21.6 Å². The van der Waals surface area contributed by atoms with Crippen LogP contribution in [0.1, 0.15) is 5.56 Å². The highest BCUT2D eigenvalue weighted by atomic mass is 32.2. The second-order valence-corrected chi connectivity index (χ2v) is 6.46. The Kier molecular flexibility index (Phi) is 3.91. The molecule has 2 N–H and O–H groups in total. The Morgan fingerprint density at radius 3 is 2.62 bits per heavy atom. The predicted octanol–water partition coefficient (Wildman–Crippen LogP) is 2.14. The Labute approximate surface area is 120 Å². The van der Waals surface area contributed by atoms with Gasteiger partial charge in [0.2, 0.25) is 5.91 Å². The number of hydrogen-bond donors (Lipinski definition) is 2. The largest absolute Gasteiger partial charge is 0.416 e. The van der Waals surface area contributed by atoms with Crippen molar-refractivity contribution in [2.45, 2.75) is 6.18 Å². The standard InChI is InChI=1S/C10H7F3N2O4S2/c11-10(12,13)5-1-2-6-7(3-5)20-9(14-6)15-8(16)4-21(17,18)19/h1-3H,4H2,(H,14,15,16)(H,17,18,19). The zero-order valence-electron chi connectivity index (χ0n) is 10.0. The number of anilines is 1. The Hall–Kier alpha value is -1.72. The van der Waals surface area contributed by atoms with E-state index in [4.69, 9.17) is 4.55 Å². The van der Waals surface area contributed by atoms with Crippen LogP contribution in [0.5, 0.6) is 0 Å². The van der Waals surface area contributed by atoms with Crippen molar-refractivity contribution in [3.63, 3.8) is 0 Å². The Balaban J connectivity index is 2.25. The van der Waals surface area contributed by atoms with Gasteiger partial charge >= 0.3 is 6.18 Å². The van der Waals surface area contributed by atoms with Crippen LogP contribution in [0.15, 0.2) is 18.2 Å². The van der Waals surface area contributed by atoms with Crippen molar-refractivity contribution in [1.29, 1.82) is 0 Å². The summed E-state index contributed by atoms with van der Waals surface area (Å²) in [5.41, 5.74) is -0.621. The lowest BCUT2D eigenvalue weighted by molar-refractivity contribution is -0.137. The smallest absolute Gasteiger partial charge is 0.301 e. The summed E-state index contributed by atoms with van der Waals surface area (Å²) in [4.78, 5) is 15.1. The number of aromatic nitrogens is 1. The summed E-state index contributed by atoms with van der Waals surface area (Å²) in [6.07, 6.45) is -4.49. The van der Waals surface area contributed by atoms with Crippen molar-refractivity contribution in [3.05, 3.63) is 23.8 Å². The minimum Gasteiger partial charge on any atom is -0.301 e. The number of carbonyl (C=O) groups excluding carboxylic acids is 1. The minimum atomic E-state index is -4.49. The van der Waals surface area contributed by atoms with E-state index in [1.165, 1.54) is 0 Å². The minimum absolute atomic E-state index is 0.0574. The topological polar surface area (TPSA) is 96.4 Å². The van der Waals surface area contributed by atoms with Gasteiger partial charge in [0, 0.05) is 0 Å². The summed E-state index contributed by atoms with van der Waals surface area (Å²) >= 11 is 0.762. The highest BCUT2D eigenvalue weighted by Gasteiger charge is 2.30. The first-order valence-electron chi connectivity index (χ1n) is 5.27. The molecule has 0 unspecified atom stereocenters. The molecule has 0 saturated heterocycles. The molecule has 2 aromatic rings. The number of rotatable bonds is 3. The lowest BCUT2D eigenvalue weighted by Gasteiger charge is -2.04. The SMILES string of the molecule is O=C(CS(=O)(=O)O)Nc1nc2ccc(C(F)(F)F)cc2s1. The quantitative estimate of drug-likeness (QED) is 0.835. The van der Waals surface area contributed by atoms with Crippen LogP contribution in [0.2, 0.25) is 0 Å². The third kappa shape index (κ3) is 4.12. The molecule has 2 rings (SSSR count). The summed E-state index contributed by atoms with van der Waals surface area (Å²) in [6, 6.07) is 2.88. The summed E-state index contributed by atoms with van der Waals surface area (Å²) in [5.74, 6) is -2.19. The molecule has 114 valence electrons. The van der Waals surface area contributed by atoms with Crippen molar-refractivity contribution in [3.8, 4) is 0 Å². The van der Waals surface area contributed by atoms with E-state index in [0.29, 0.717) is 0 Å². The third-order valence-electron chi connectivity index (χ3n) is 2.28. The second-order valence-electron chi connectivity index (χ2n) is 3.97. The molecular formula is C10H7F3N2O4S2.